The standard InChI is InChI=1S/C14H11BrClF2NO/c15-10-4-12(17)14(18)13(5-10)20-7-9-2-1-8(6-19)3-11(9)16/h1-5H,6-7,19H2. The van der Waals surface area contributed by atoms with Crippen LogP contribution in [0, 0.1) is 11.6 Å². The van der Waals surface area contributed by atoms with Crippen molar-refractivity contribution in [3.8, 4) is 5.75 Å². The molecule has 0 heterocycles. The molecule has 2 aromatic carbocycles. The predicted octanol–water partition coefficient (Wildman–Crippen LogP) is 4.42. The van der Waals surface area contributed by atoms with Crippen molar-refractivity contribution in [1.29, 1.82) is 0 Å². The third-order valence-corrected chi connectivity index (χ3v) is 3.51. The molecule has 2 aromatic rings. The number of nitrogens with two attached hydrogens (primary N) is 1. The van der Waals surface area contributed by atoms with Crippen molar-refractivity contribution in [3.63, 3.8) is 0 Å². The first-order valence-corrected chi connectivity index (χ1v) is 6.93. The van der Waals surface area contributed by atoms with Gasteiger partial charge in [0.05, 0.1) is 0 Å². The summed E-state index contributed by atoms with van der Waals surface area (Å²) < 4.78 is 32.4. The number of rotatable bonds is 4. The van der Waals surface area contributed by atoms with Crippen LogP contribution in [0.2, 0.25) is 5.02 Å². The van der Waals surface area contributed by atoms with E-state index in [1.165, 1.54) is 6.07 Å². The minimum Gasteiger partial charge on any atom is -0.486 e. The van der Waals surface area contributed by atoms with Crippen molar-refractivity contribution in [2.45, 2.75) is 13.2 Å². The van der Waals surface area contributed by atoms with Crippen LogP contribution in [0.15, 0.2) is 34.8 Å². The van der Waals surface area contributed by atoms with Crippen molar-refractivity contribution in [2.24, 2.45) is 5.73 Å². The Labute approximate surface area is 128 Å². The molecule has 0 radical (unpaired) electrons. The first kappa shape index (κ1) is 15.2. The summed E-state index contributed by atoms with van der Waals surface area (Å²) in [4.78, 5) is 0. The Morgan fingerprint density at radius 2 is 1.95 bits per heavy atom. The summed E-state index contributed by atoms with van der Waals surface area (Å²) in [6.07, 6.45) is 0. The molecule has 0 aliphatic carbocycles. The third-order valence-electron chi connectivity index (χ3n) is 2.70. The second kappa shape index (κ2) is 6.52. The lowest BCUT2D eigenvalue weighted by molar-refractivity contribution is 0.284. The fraction of sp³-hybridized carbons (Fsp3) is 0.143. The van der Waals surface area contributed by atoms with Crippen LogP contribution in [0.4, 0.5) is 8.78 Å². The molecule has 0 saturated heterocycles. The van der Waals surface area contributed by atoms with E-state index < -0.39 is 11.6 Å². The molecule has 0 fully saturated rings. The number of halogens is 4. The molecule has 0 bridgehead atoms. The number of ether oxygens (including phenoxy) is 1. The van der Waals surface area contributed by atoms with Crippen LogP contribution in [0.3, 0.4) is 0 Å². The van der Waals surface area contributed by atoms with E-state index in [0.717, 1.165) is 11.6 Å². The number of benzene rings is 2. The van der Waals surface area contributed by atoms with E-state index in [2.05, 4.69) is 15.9 Å². The Morgan fingerprint density at radius 1 is 1.20 bits per heavy atom. The molecular formula is C14H11BrClF2NO. The van der Waals surface area contributed by atoms with E-state index in [0.29, 0.717) is 21.6 Å². The molecule has 0 saturated carbocycles. The van der Waals surface area contributed by atoms with Crippen molar-refractivity contribution >= 4 is 27.5 Å². The van der Waals surface area contributed by atoms with Gasteiger partial charge in [0, 0.05) is 21.6 Å². The summed E-state index contributed by atoms with van der Waals surface area (Å²) in [7, 11) is 0. The summed E-state index contributed by atoms with van der Waals surface area (Å²) >= 11 is 9.14. The maximum Gasteiger partial charge on any atom is 0.200 e. The summed E-state index contributed by atoms with van der Waals surface area (Å²) in [5.41, 5.74) is 7.06. The van der Waals surface area contributed by atoms with Gasteiger partial charge in [-0.3, -0.25) is 0 Å². The maximum atomic E-state index is 13.5. The number of hydrogen-bond donors (Lipinski definition) is 1. The highest BCUT2D eigenvalue weighted by molar-refractivity contribution is 9.10. The smallest absolute Gasteiger partial charge is 0.200 e. The molecule has 20 heavy (non-hydrogen) atoms. The zero-order valence-corrected chi connectivity index (χ0v) is 12.6. The molecule has 0 unspecified atom stereocenters. The van der Waals surface area contributed by atoms with Gasteiger partial charge in [0.2, 0.25) is 5.82 Å². The minimum atomic E-state index is -1.03. The van der Waals surface area contributed by atoms with Gasteiger partial charge in [-0.25, -0.2) is 4.39 Å². The highest BCUT2D eigenvalue weighted by atomic mass is 79.9. The van der Waals surface area contributed by atoms with Crippen LogP contribution in [0.5, 0.6) is 5.75 Å². The van der Waals surface area contributed by atoms with Crippen molar-refractivity contribution < 1.29 is 13.5 Å². The zero-order chi connectivity index (χ0) is 14.7. The zero-order valence-electron chi connectivity index (χ0n) is 10.3. The quantitative estimate of drug-likeness (QED) is 0.817. The Balaban J connectivity index is 2.17. The minimum absolute atomic E-state index is 0.0382. The molecular weight excluding hydrogens is 352 g/mol. The fourth-order valence-electron chi connectivity index (χ4n) is 1.63. The van der Waals surface area contributed by atoms with Crippen molar-refractivity contribution in [1.82, 2.24) is 0 Å². The molecule has 0 aliphatic heterocycles. The molecule has 2 nitrogen and oxygen atoms in total. The highest BCUT2D eigenvalue weighted by Crippen LogP contribution is 2.27. The second-order valence-corrected chi connectivity index (χ2v) is 5.44. The molecule has 2 N–H and O–H groups in total. The van der Waals surface area contributed by atoms with Gasteiger partial charge in [-0.15, -0.1) is 0 Å². The molecule has 2 rings (SSSR count). The molecule has 0 atom stereocenters. The highest BCUT2D eigenvalue weighted by Gasteiger charge is 2.12. The molecule has 0 amide bonds. The largest absolute Gasteiger partial charge is 0.486 e. The molecule has 6 heteroatoms. The monoisotopic (exact) mass is 361 g/mol. The molecule has 0 spiro atoms. The fourth-order valence-corrected chi connectivity index (χ4v) is 2.29. The van der Waals surface area contributed by atoms with Crippen LogP contribution < -0.4 is 10.5 Å². The topological polar surface area (TPSA) is 35.2 Å². The molecule has 0 aliphatic rings. The van der Waals surface area contributed by atoms with Gasteiger partial charge in [-0.05, 0) is 23.8 Å². The predicted molar refractivity (Wildman–Crippen MR) is 77.7 cm³/mol. The van der Waals surface area contributed by atoms with Gasteiger partial charge >= 0.3 is 0 Å². The Hall–Kier alpha value is -1.17. The van der Waals surface area contributed by atoms with E-state index in [4.69, 9.17) is 22.1 Å². The van der Waals surface area contributed by atoms with Crippen molar-refractivity contribution in [3.05, 3.63) is 62.6 Å². The van der Waals surface area contributed by atoms with Crippen LogP contribution in [0.1, 0.15) is 11.1 Å². The Kier molecular flexibility index (Phi) is 4.96. The van der Waals surface area contributed by atoms with Gasteiger partial charge in [0.1, 0.15) is 6.61 Å². The summed E-state index contributed by atoms with van der Waals surface area (Å²) in [5.74, 6) is -2.17. The van der Waals surface area contributed by atoms with E-state index in [-0.39, 0.29) is 12.4 Å². The summed E-state index contributed by atoms with van der Waals surface area (Å²) in [5, 5.41) is 0.476. The van der Waals surface area contributed by atoms with E-state index in [1.807, 2.05) is 6.07 Å². The summed E-state index contributed by atoms with van der Waals surface area (Å²) in [6, 6.07) is 7.67. The van der Waals surface area contributed by atoms with Crippen molar-refractivity contribution in [2.75, 3.05) is 0 Å². The van der Waals surface area contributed by atoms with Gasteiger partial charge in [-0.2, -0.15) is 4.39 Å². The normalized spacial score (nSPS) is 10.7. The van der Waals surface area contributed by atoms with Crippen LogP contribution in [-0.2, 0) is 13.2 Å². The molecule has 106 valence electrons. The van der Waals surface area contributed by atoms with Crippen LogP contribution in [0.25, 0.3) is 0 Å². The van der Waals surface area contributed by atoms with Gasteiger partial charge < -0.3 is 10.5 Å². The van der Waals surface area contributed by atoms with Crippen LogP contribution >= 0.6 is 27.5 Å². The lowest BCUT2D eigenvalue weighted by atomic mass is 10.1. The summed E-state index contributed by atoms with van der Waals surface area (Å²) in [6.45, 7) is 0.419. The van der Waals surface area contributed by atoms with Crippen LogP contribution in [-0.4, -0.2) is 0 Å². The third kappa shape index (κ3) is 3.48. The lowest BCUT2D eigenvalue weighted by Gasteiger charge is -2.10. The van der Waals surface area contributed by atoms with E-state index >= 15 is 0 Å². The van der Waals surface area contributed by atoms with E-state index in [9.17, 15) is 8.78 Å². The van der Waals surface area contributed by atoms with Gasteiger partial charge in [0.15, 0.2) is 11.6 Å². The number of hydrogen-bond acceptors (Lipinski definition) is 2. The first-order chi connectivity index (χ1) is 9.51. The van der Waals surface area contributed by atoms with Gasteiger partial charge in [0.25, 0.3) is 0 Å². The first-order valence-electron chi connectivity index (χ1n) is 5.76. The second-order valence-electron chi connectivity index (χ2n) is 4.12. The Bertz CT molecular complexity index is 637. The van der Waals surface area contributed by atoms with E-state index in [1.54, 1.807) is 12.1 Å². The average molecular weight is 363 g/mol. The Morgan fingerprint density at radius 3 is 2.60 bits per heavy atom. The molecule has 0 aromatic heterocycles. The average Bonchev–Trinajstić information content (AvgIpc) is 2.42. The maximum absolute atomic E-state index is 13.5. The SMILES string of the molecule is NCc1ccc(COc2cc(Br)cc(F)c2F)c(Cl)c1. The lowest BCUT2D eigenvalue weighted by Crippen LogP contribution is -2.01. The van der Waals surface area contributed by atoms with Gasteiger partial charge in [-0.1, -0.05) is 39.7 Å².